The van der Waals surface area contributed by atoms with E-state index in [0.29, 0.717) is 24.3 Å². The lowest BCUT2D eigenvalue weighted by Gasteiger charge is -2.25. The first-order chi connectivity index (χ1) is 12.0. The number of nitrogens with zero attached hydrogens (tertiary/aromatic N) is 3. The van der Waals surface area contributed by atoms with Gasteiger partial charge in [-0.25, -0.2) is 0 Å². The van der Waals surface area contributed by atoms with Crippen LogP contribution in [0, 0.1) is 24.2 Å². The van der Waals surface area contributed by atoms with Crippen LogP contribution >= 0.6 is 0 Å². The molecule has 25 heavy (non-hydrogen) atoms. The maximum absolute atomic E-state index is 12.4. The van der Waals surface area contributed by atoms with Gasteiger partial charge in [0.05, 0.1) is 11.6 Å². The topological polar surface area (TPSA) is 99.2 Å². The van der Waals surface area contributed by atoms with Crippen LogP contribution in [-0.2, 0) is 4.79 Å². The third kappa shape index (κ3) is 3.24. The molecule has 0 aliphatic carbocycles. The van der Waals surface area contributed by atoms with Crippen molar-refractivity contribution in [3.05, 3.63) is 53.2 Å². The zero-order chi connectivity index (χ0) is 18.0. The Morgan fingerprint density at radius 3 is 2.84 bits per heavy atom. The molecule has 1 aliphatic rings. The number of aromatic nitrogens is 1. The molecule has 0 spiro atoms. The summed E-state index contributed by atoms with van der Waals surface area (Å²) in [4.78, 5) is 30.2. The summed E-state index contributed by atoms with van der Waals surface area (Å²) in [6.45, 7) is 2.00. The number of carbonyl (C=O) groups excluding carboxylic acids is 2. The molecule has 2 atom stereocenters. The summed E-state index contributed by atoms with van der Waals surface area (Å²) < 4.78 is 5.19. The van der Waals surface area contributed by atoms with Crippen LogP contribution in [0.15, 0.2) is 35.0 Å². The molecule has 2 aromatic heterocycles. The first-order valence-corrected chi connectivity index (χ1v) is 7.95. The second-order valence-electron chi connectivity index (χ2n) is 6.10. The number of aryl methyl sites for hydroxylation is 1. The maximum atomic E-state index is 12.4. The minimum Gasteiger partial charge on any atom is -0.450 e. The summed E-state index contributed by atoms with van der Waals surface area (Å²) in [7, 11) is 1.77. The second-order valence-corrected chi connectivity index (χ2v) is 6.10. The van der Waals surface area contributed by atoms with E-state index in [1.165, 1.54) is 6.07 Å². The van der Waals surface area contributed by atoms with Crippen LogP contribution in [-0.4, -0.2) is 35.3 Å². The van der Waals surface area contributed by atoms with E-state index in [1.54, 1.807) is 31.3 Å². The minimum atomic E-state index is -0.307. The lowest BCUT2D eigenvalue weighted by atomic mass is 9.94. The second kappa shape index (κ2) is 6.77. The molecule has 2 aromatic rings. The number of likely N-dealkylation sites (tertiary alicyclic amines) is 1. The molecule has 0 radical (unpaired) electrons. The van der Waals surface area contributed by atoms with Crippen LogP contribution in [0.2, 0.25) is 0 Å². The van der Waals surface area contributed by atoms with Gasteiger partial charge >= 0.3 is 0 Å². The van der Waals surface area contributed by atoms with Gasteiger partial charge in [-0.3, -0.25) is 14.6 Å². The van der Waals surface area contributed by atoms with Gasteiger partial charge < -0.3 is 14.6 Å². The normalized spacial score (nSPS) is 19.7. The predicted octanol–water partition coefficient (Wildman–Crippen LogP) is 1.80. The number of rotatable bonds is 4. The van der Waals surface area contributed by atoms with Crippen molar-refractivity contribution < 1.29 is 14.0 Å². The summed E-state index contributed by atoms with van der Waals surface area (Å²) in [5.74, 6) is 0.212. The Hall–Kier alpha value is -3.14. The molecular formula is C18H18N4O3. The van der Waals surface area contributed by atoms with Crippen LogP contribution in [0.3, 0.4) is 0 Å². The molecule has 0 bridgehead atoms. The predicted molar refractivity (Wildman–Crippen MR) is 88.3 cm³/mol. The zero-order valence-corrected chi connectivity index (χ0v) is 14.0. The van der Waals surface area contributed by atoms with Crippen LogP contribution in [0.25, 0.3) is 0 Å². The fourth-order valence-electron chi connectivity index (χ4n) is 3.27. The quantitative estimate of drug-likeness (QED) is 0.916. The molecular weight excluding hydrogens is 320 g/mol. The van der Waals surface area contributed by atoms with Crippen molar-refractivity contribution in [1.82, 2.24) is 15.2 Å². The fraction of sp³-hybridized carbons (Fsp3) is 0.333. The summed E-state index contributed by atoms with van der Waals surface area (Å²) in [5.41, 5.74) is 1.34. The van der Waals surface area contributed by atoms with Gasteiger partial charge in [-0.15, -0.1) is 0 Å². The lowest BCUT2D eigenvalue weighted by Crippen LogP contribution is -2.32. The zero-order valence-electron chi connectivity index (χ0n) is 14.0. The van der Waals surface area contributed by atoms with Gasteiger partial charge in [0.2, 0.25) is 11.7 Å². The SMILES string of the molecule is Cc1oc(C#N)cc1C(=O)NC[C@@H]1CC(=O)N(C)[C@H]1c1ccncc1. The van der Waals surface area contributed by atoms with Crippen LogP contribution in [0.1, 0.15) is 39.9 Å². The van der Waals surface area contributed by atoms with Gasteiger partial charge in [0.15, 0.2) is 0 Å². The Balaban J connectivity index is 1.73. The maximum Gasteiger partial charge on any atom is 0.254 e. The number of carbonyl (C=O) groups is 2. The van der Waals surface area contributed by atoms with E-state index in [-0.39, 0.29) is 29.5 Å². The monoisotopic (exact) mass is 338 g/mol. The Kier molecular flexibility index (Phi) is 4.52. The van der Waals surface area contributed by atoms with Crippen LogP contribution in [0.4, 0.5) is 0 Å². The molecule has 3 heterocycles. The molecule has 7 heteroatoms. The average Bonchev–Trinajstić information content (AvgIpc) is 3.13. The van der Waals surface area contributed by atoms with E-state index in [9.17, 15) is 9.59 Å². The van der Waals surface area contributed by atoms with E-state index in [4.69, 9.17) is 9.68 Å². The Bertz CT molecular complexity index is 838. The molecule has 1 N–H and O–H groups in total. The highest BCUT2D eigenvalue weighted by atomic mass is 16.3. The van der Waals surface area contributed by atoms with Crippen molar-refractivity contribution in [2.24, 2.45) is 5.92 Å². The van der Waals surface area contributed by atoms with Gasteiger partial charge in [0, 0.05) is 44.4 Å². The summed E-state index contributed by atoms with van der Waals surface area (Å²) in [5, 5.41) is 11.7. The minimum absolute atomic E-state index is 0.0357. The van der Waals surface area contributed by atoms with Gasteiger partial charge in [-0.2, -0.15) is 5.26 Å². The lowest BCUT2D eigenvalue weighted by molar-refractivity contribution is -0.127. The number of pyridine rings is 1. The smallest absolute Gasteiger partial charge is 0.254 e. The molecule has 3 rings (SSSR count). The Morgan fingerprint density at radius 2 is 2.20 bits per heavy atom. The Labute approximate surface area is 145 Å². The average molecular weight is 338 g/mol. The van der Waals surface area contributed by atoms with Crippen LogP contribution in [0.5, 0.6) is 0 Å². The van der Waals surface area contributed by atoms with Crippen molar-refractivity contribution in [2.45, 2.75) is 19.4 Å². The molecule has 1 fully saturated rings. The first-order valence-electron chi connectivity index (χ1n) is 7.95. The summed E-state index contributed by atoms with van der Waals surface area (Å²) in [6, 6.07) is 6.97. The molecule has 1 saturated heterocycles. The number of nitrogens with one attached hydrogen (secondary N) is 1. The molecule has 0 unspecified atom stereocenters. The molecule has 2 amide bonds. The van der Waals surface area contributed by atoms with Gasteiger partial charge in [0.25, 0.3) is 5.91 Å². The van der Waals surface area contributed by atoms with Crippen molar-refractivity contribution >= 4 is 11.8 Å². The number of nitriles is 1. The fourth-order valence-corrected chi connectivity index (χ4v) is 3.27. The Morgan fingerprint density at radius 1 is 1.48 bits per heavy atom. The molecule has 7 nitrogen and oxygen atoms in total. The van der Waals surface area contributed by atoms with Gasteiger partial charge in [-0.05, 0) is 24.6 Å². The number of hydrogen-bond acceptors (Lipinski definition) is 5. The number of hydrogen-bond donors (Lipinski definition) is 1. The van der Waals surface area contributed by atoms with Crippen molar-refractivity contribution in [3.63, 3.8) is 0 Å². The van der Waals surface area contributed by atoms with E-state index in [2.05, 4.69) is 10.3 Å². The first kappa shape index (κ1) is 16.7. The van der Waals surface area contributed by atoms with E-state index in [1.807, 2.05) is 18.2 Å². The third-order valence-corrected chi connectivity index (χ3v) is 4.54. The van der Waals surface area contributed by atoms with Crippen molar-refractivity contribution in [2.75, 3.05) is 13.6 Å². The van der Waals surface area contributed by atoms with Crippen LogP contribution < -0.4 is 5.32 Å². The highest BCUT2D eigenvalue weighted by Gasteiger charge is 2.38. The third-order valence-electron chi connectivity index (χ3n) is 4.54. The molecule has 0 saturated carbocycles. The van der Waals surface area contributed by atoms with Crippen molar-refractivity contribution in [3.8, 4) is 6.07 Å². The summed E-state index contributed by atoms with van der Waals surface area (Å²) >= 11 is 0. The van der Waals surface area contributed by atoms with E-state index >= 15 is 0 Å². The largest absolute Gasteiger partial charge is 0.450 e. The standard InChI is InChI=1S/C18H18N4O3/c1-11-15(8-14(9-19)25-11)18(24)21-10-13-7-16(23)22(2)17(13)12-3-5-20-6-4-12/h3-6,8,13,17H,7,10H2,1-2H3,(H,21,24)/t13-,17-/m0/s1. The van der Waals surface area contributed by atoms with E-state index < -0.39 is 0 Å². The van der Waals surface area contributed by atoms with Crippen molar-refractivity contribution in [1.29, 1.82) is 5.26 Å². The van der Waals surface area contributed by atoms with Gasteiger partial charge in [0.1, 0.15) is 11.8 Å². The number of furan rings is 1. The van der Waals surface area contributed by atoms with Gasteiger partial charge in [-0.1, -0.05) is 0 Å². The number of amides is 2. The summed E-state index contributed by atoms with van der Waals surface area (Å²) in [6.07, 6.45) is 3.76. The molecule has 1 aliphatic heterocycles. The molecule has 0 aromatic carbocycles. The highest BCUT2D eigenvalue weighted by molar-refractivity contribution is 5.95. The molecule has 128 valence electrons. The van der Waals surface area contributed by atoms with E-state index in [0.717, 1.165) is 5.56 Å². The highest BCUT2D eigenvalue weighted by Crippen LogP contribution is 2.36.